The summed E-state index contributed by atoms with van der Waals surface area (Å²) < 4.78 is 22.0. The molecule has 0 saturated carbocycles. The van der Waals surface area contributed by atoms with Crippen molar-refractivity contribution in [3.05, 3.63) is 64.4 Å². The lowest BCUT2D eigenvalue weighted by molar-refractivity contribution is 0.228. The Bertz CT molecular complexity index is 1370. The summed E-state index contributed by atoms with van der Waals surface area (Å²) in [5.41, 5.74) is 12.7. The normalized spacial score (nSPS) is 14.8. The Morgan fingerprint density at radius 3 is 2.97 bits per heavy atom. The number of rotatable bonds is 0. The molecule has 0 radical (unpaired) electrons. The lowest BCUT2D eigenvalue weighted by Crippen LogP contribution is -2.09. The highest BCUT2D eigenvalue weighted by atomic mass is 32.1. The van der Waals surface area contributed by atoms with Crippen LogP contribution in [0.2, 0.25) is 0 Å². The van der Waals surface area contributed by atoms with Crippen LogP contribution in [-0.4, -0.2) is 19.7 Å². The first-order valence-electron chi connectivity index (χ1n) is 9.57. The number of hydrogen-bond donors (Lipinski definition) is 1. The molecular weight excluding hydrogens is 415 g/mol. The standard InChI is InChI=1S/C22H17FN6OS/c1-11-15-6-13(23)3-4-14(15)21-16(27-10-31-21)7-18-20(17(8-24)28-29(18)2)12-5-19(30-11)22(25)26-9-12/h3-6,9-11H,7H2,1-2H3,(H2,25,26)/t11-/m1/s1. The molecule has 0 unspecified atom stereocenters. The van der Waals surface area contributed by atoms with E-state index in [0.717, 1.165) is 21.8 Å². The minimum atomic E-state index is -0.497. The first kappa shape index (κ1) is 19.2. The van der Waals surface area contributed by atoms with Crippen LogP contribution in [-0.2, 0) is 13.5 Å². The molecular formula is C22H17FN6OS. The number of anilines is 1. The molecule has 2 N–H and O–H groups in total. The van der Waals surface area contributed by atoms with Crippen LogP contribution in [0.3, 0.4) is 0 Å². The van der Waals surface area contributed by atoms with Crippen LogP contribution in [0.1, 0.15) is 35.7 Å². The van der Waals surface area contributed by atoms with Gasteiger partial charge in [-0.1, -0.05) is 6.07 Å². The van der Waals surface area contributed by atoms with Gasteiger partial charge in [-0.05, 0) is 25.1 Å². The number of nitrogens with zero attached hydrogens (tertiary/aromatic N) is 5. The van der Waals surface area contributed by atoms with Crippen LogP contribution in [0.4, 0.5) is 10.2 Å². The number of thiazole rings is 1. The SMILES string of the molecule is C[C@H]1Oc2cc(cnc2N)-c2c(C#N)nn(C)c2Cc2ncsc2-c2ccc(F)cc21. The molecule has 4 heterocycles. The van der Waals surface area contributed by atoms with Crippen LogP contribution < -0.4 is 10.5 Å². The van der Waals surface area contributed by atoms with Gasteiger partial charge >= 0.3 is 0 Å². The summed E-state index contributed by atoms with van der Waals surface area (Å²) in [5, 5.41) is 14.1. The summed E-state index contributed by atoms with van der Waals surface area (Å²) in [7, 11) is 1.80. The van der Waals surface area contributed by atoms with E-state index >= 15 is 0 Å². The smallest absolute Gasteiger partial charge is 0.170 e. The number of aromatic nitrogens is 4. The van der Waals surface area contributed by atoms with E-state index in [0.29, 0.717) is 34.6 Å². The van der Waals surface area contributed by atoms with Gasteiger partial charge in [0.1, 0.15) is 18.0 Å². The Kier molecular flexibility index (Phi) is 4.45. The Hall–Kier alpha value is -3.77. The molecule has 5 rings (SSSR count). The average molecular weight is 432 g/mol. The minimum absolute atomic E-state index is 0.216. The van der Waals surface area contributed by atoms with E-state index in [2.05, 4.69) is 21.1 Å². The molecule has 2 bridgehead atoms. The zero-order chi connectivity index (χ0) is 21.7. The highest BCUT2D eigenvalue weighted by molar-refractivity contribution is 7.13. The molecule has 0 saturated heterocycles. The maximum Gasteiger partial charge on any atom is 0.170 e. The molecule has 1 aromatic carbocycles. The lowest BCUT2D eigenvalue weighted by atomic mass is 9.97. The van der Waals surface area contributed by atoms with Crippen molar-refractivity contribution in [3.63, 3.8) is 0 Å². The van der Waals surface area contributed by atoms with Gasteiger partial charge in [-0.2, -0.15) is 10.4 Å². The molecule has 0 fully saturated rings. The summed E-state index contributed by atoms with van der Waals surface area (Å²) in [4.78, 5) is 9.77. The van der Waals surface area contributed by atoms with Crippen molar-refractivity contribution in [2.75, 3.05) is 5.73 Å². The van der Waals surface area contributed by atoms with Crippen molar-refractivity contribution in [2.24, 2.45) is 7.05 Å². The summed E-state index contributed by atoms with van der Waals surface area (Å²) in [6.07, 6.45) is 1.56. The highest BCUT2D eigenvalue weighted by Gasteiger charge is 2.25. The molecule has 0 spiro atoms. The van der Waals surface area contributed by atoms with Gasteiger partial charge in [-0.15, -0.1) is 11.3 Å². The predicted molar refractivity (Wildman–Crippen MR) is 115 cm³/mol. The Balaban J connectivity index is 1.83. The monoisotopic (exact) mass is 432 g/mol. The summed E-state index contributed by atoms with van der Waals surface area (Å²) in [6, 6.07) is 8.58. The van der Waals surface area contributed by atoms with Gasteiger partial charge in [0.2, 0.25) is 0 Å². The third kappa shape index (κ3) is 3.12. The van der Waals surface area contributed by atoms with E-state index in [1.54, 1.807) is 35.6 Å². The largest absolute Gasteiger partial charge is 0.482 e. The number of benzene rings is 1. The van der Waals surface area contributed by atoms with Crippen molar-refractivity contribution < 1.29 is 9.13 Å². The second kappa shape index (κ2) is 7.18. The van der Waals surface area contributed by atoms with Gasteiger partial charge in [0.25, 0.3) is 0 Å². The quantitative estimate of drug-likeness (QED) is 0.446. The van der Waals surface area contributed by atoms with Crippen LogP contribution in [0.25, 0.3) is 21.6 Å². The second-order valence-electron chi connectivity index (χ2n) is 7.31. The number of nitrogen functional groups attached to an aromatic ring is 1. The van der Waals surface area contributed by atoms with E-state index < -0.39 is 6.10 Å². The van der Waals surface area contributed by atoms with Crippen molar-refractivity contribution >= 4 is 17.2 Å². The number of fused-ring (bicyclic) bond motifs is 7. The fraction of sp³-hybridized carbons (Fsp3) is 0.182. The molecule has 4 aromatic rings. The molecule has 3 aromatic heterocycles. The second-order valence-corrected chi connectivity index (χ2v) is 8.16. The van der Waals surface area contributed by atoms with Gasteiger partial charge in [-0.25, -0.2) is 14.4 Å². The maximum atomic E-state index is 14.2. The zero-order valence-corrected chi connectivity index (χ0v) is 17.6. The van der Waals surface area contributed by atoms with Gasteiger partial charge < -0.3 is 10.5 Å². The molecule has 31 heavy (non-hydrogen) atoms. The minimum Gasteiger partial charge on any atom is -0.482 e. The van der Waals surface area contributed by atoms with Crippen molar-refractivity contribution in [1.82, 2.24) is 19.7 Å². The van der Waals surface area contributed by atoms with Gasteiger partial charge in [-0.3, -0.25) is 4.68 Å². The fourth-order valence-corrected chi connectivity index (χ4v) is 4.79. The number of halogens is 1. The van der Waals surface area contributed by atoms with E-state index in [-0.39, 0.29) is 11.6 Å². The maximum absolute atomic E-state index is 14.2. The third-order valence-electron chi connectivity index (χ3n) is 5.42. The number of nitriles is 1. The third-order valence-corrected chi connectivity index (χ3v) is 6.32. The first-order valence-corrected chi connectivity index (χ1v) is 10.4. The average Bonchev–Trinajstić information content (AvgIpc) is 3.33. The van der Waals surface area contributed by atoms with E-state index in [4.69, 9.17) is 10.5 Å². The topological polar surface area (TPSA) is 103 Å². The van der Waals surface area contributed by atoms with E-state index in [1.807, 2.05) is 6.92 Å². The van der Waals surface area contributed by atoms with Crippen LogP contribution in [0.5, 0.6) is 5.75 Å². The van der Waals surface area contributed by atoms with Gasteiger partial charge in [0, 0.05) is 41.9 Å². The molecule has 154 valence electrons. The number of pyridine rings is 1. The van der Waals surface area contributed by atoms with E-state index in [9.17, 15) is 9.65 Å². The highest BCUT2D eigenvalue weighted by Crippen LogP contribution is 2.40. The number of ether oxygens (including phenoxy) is 1. The first-order chi connectivity index (χ1) is 15.0. The summed E-state index contributed by atoms with van der Waals surface area (Å²) >= 11 is 1.48. The van der Waals surface area contributed by atoms with Gasteiger partial charge in [0.15, 0.2) is 17.3 Å². The Morgan fingerprint density at radius 2 is 2.16 bits per heavy atom. The van der Waals surface area contributed by atoms with Crippen molar-refractivity contribution in [2.45, 2.75) is 19.4 Å². The molecule has 9 heteroatoms. The molecule has 1 aliphatic rings. The Labute approximate surface area is 181 Å². The molecule has 1 aliphatic heterocycles. The van der Waals surface area contributed by atoms with E-state index in [1.165, 1.54) is 23.5 Å². The predicted octanol–water partition coefficient (Wildman–Crippen LogP) is 4.24. The van der Waals surface area contributed by atoms with Crippen LogP contribution in [0.15, 0.2) is 36.0 Å². The number of aryl methyl sites for hydroxylation is 1. The van der Waals surface area contributed by atoms with Gasteiger partial charge in [0.05, 0.1) is 21.8 Å². The lowest BCUT2D eigenvalue weighted by Gasteiger charge is -2.21. The van der Waals surface area contributed by atoms with Crippen LogP contribution >= 0.6 is 11.3 Å². The molecule has 0 aliphatic carbocycles. The Morgan fingerprint density at radius 1 is 1.32 bits per heavy atom. The number of nitrogens with two attached hydrogens (primary N) is 1. The molecule has 1 atom stereocenters. The fourth-order valence-electron chi connectivity index (χ4n) is 3.93. The van der Waals surface area contributed by atoms with Crippen LogP contribution in [0, 0.1) is 17.1 Å². The number of hydrogen-bond acceptors (Lipinski definition) is 7. The molecule has 7 nitrogen and oxygen atoms in total. The van der Waals surface area contributed by atoms with Crippen molar-refractivity contribution in [3.8, 4) is 33.4 Å². The summed E-state index contributed by atoms with van der Waals surface area (Å²) in [6.45, 7) is 1.84. The molecule has 0 amide bonds. The summed E-state index contributed by atoms with van der Waals surface area (Å²) in [5.74, 6) is 0.233. The zero-order valence-electron chi connectivity index (χ0n) is 16.8. The van der Waals surface area contributed by atoms with Crippen molar-refractivity contribution in [1.29, 1.82) is 5.26 Å².